The van der Waals surface area contributed by atoms with Gasteiger partial charge in [-0.05, 0) is 91.4 Å². The molecule has 0 spiro atoms. The second-order valence-corrected chi connectivity index (χ2v) is 8.52. The maximum absolute atomic E-state index is 6.10. The topological polar surface area (TPSA) is 21.7 Å². The molecule has 31 heavy (non-hydrogen) atoms. The Kier molecular flexibility index (Phi) is 8.00. The molecule has 1 aliphatic rings. The van der Waals surface area contributed by atoms with Crippen molar-refractivity contribution in [1.29, 1.82) is 0 Å². The Bertz CT molecular complexity index is 985. The van der Waals surface area contributed by atoms with Gasteiger partial charge in [-0.3, -0.25) is 0 Å². The molecule has 1 unspecified atom stereocenters. The lowest BCUT2D eigenvalue weighted by atomic mass is 9.83. The van der Waals surface area contributed by atoms with Crippen molar-refractivity contribution < 1.29 is 9.47 Å². The largest absolute Gasteiger partial charge is 0.497 e. The van der Waals surface area contributed by atoms with Crippen LogP contribution in [0.15, 0.2) is 66.7 Å². The Morgan fingerprint density at radius 3 is 2.42 bits per heavy atom. The molecule has 0 N–H and O–H groups in total. The van der Waals surface area contributed by atoms with E-state index in [9.17, 15) is 0 Å². The minimum atomic E-state index is 0. The summed E-state index contributed by atoms with van der Waals surface area (Å²) in [7, 11) is 6.02. The molecule has 1 atom stereocenters. The molecule has 0 saturated heterocycles. The molecule has 3 aromatic rings. The molecule has 3 aromatic carbocycles. The van der Waals surface area contributed by atoms with Gasteiger partial charge in [0, 0.05) is 6.54 Å². The van der Waals surface area contributed by atoms with Crippen LogP contribution >= 0.6 is 12.4 Å². The van der Waals surface area contributed by atoms with Crippen LogP contribution in [0.3, 0.4) is 0 Å². The Morgan fingerprint density at radius 2 is 1.68 bits per heavy atom. The van der Waals surface area contributed by atoms with Gasteiger partial charge in [0.25, 0.3) is 0 Å². The maximum Gasteiger partial charge on any atom is 0.120 e. The van der Waals surface area contributed by atoms with Crippen LogP contribution in [0.2, 0.25) is 0 Å². The van der Waals surface area contributed by atoms with E-state index < -0.39 is 0 Å². The molecule has 4 heteroatoms. The predicted molar refractivity (Wildman–Crippen MR) is 131 cm³/mol. The average molecular weight is 438 g/mol. The fourth-order valence-corrected chi connectivity index (χ4v) is 4.33. The average Bonchev–Trinajstić information content (AvgIpc) is 2.77. The van der Waals surface area contributed by atoms with Gasteiger partial charge in [0.1, 0.15) is 18.1 Å². The molecule has 0 aromatic heterocycles. The Hall–Kier alpha value is -2.49. The summed E-state index contributed by atoms with van der Waals surface area (Å²) in [6, 6.07) is 23.3. The van der Waals surface area contributed by atoms with E-state index in [0.29, 0.717) is 6.61 Å². The third kappa shape index (κ3) is 6.03. The number of ether oxygens (including phenoxy) is 2. The van der Waals surface area contributed by atoms with Crippen LogP contribution in [0.5, 0.6) is 11.5 Å². The lowest BCUT2D eigenvalue weighted by Crippen LogP contribution is -2.26. The van der Waals surface area contributed by atoms with Crippen molar-refractivity contribution in [2.24, 2.45) is 5.92 Å². The first kappa shape index (κ1) is 23.2. The highest BCUT2D eigenvalue weighted by molar-refractivity contribution is 5.85. The fraction of sp³-hybridized carbons (Fsp3) is 0.333. The van der Waals surface area contributed by atoms with E-state index in [-0.39, 0.29) is 12.4 Å². The van der Waals surface area contributed by atoms with Gasteiger partial charge in [0.2, 0.25) is 0 Å². The first-order valence-electron chi connectivity index (χ1n) is 10.7. The van der Waals surface area contributed by atoms with Crippen molar-refractivity contribution in [2.75, 3.05) is 27.7 Å². The van der Waals surface area contributed by atoms with Crippen LogP contribution in [0, 0.1) is 5.92 Å². The summed E-state index contributed by atoms with van der Waals surface area (Å²) in [6.45, 7) is 1.75. The van der Waals surface area contributed by atoms with E-state index in [0.717, 1.165) is 29.4 Å². The molecule has 164 valence electrons. The normalized spacial score (nSPS) is 15.2. The van der Waals surface area contributed by atoms with E-state index in [4.69, 9.17) is 9.47 Å². The van der Waals surface area contributed by atoms with Crippen molar-refractivity contribution in [2.45, 2.75) is 25.9 Å². The van der Waals surface area contributed by atoms with Crippen LogP contribution in [-0.2, 0) is 19.4 Å². The summed E-state index contributed by atoms with van der Waals surface area (Å²) in [5.74, 6) is 2.61. The van der Waals surface area contributed by atoms with Crippen LogP contribution in [0.25, 0.3) is 11.1 Å². The van der Waals surface area contributed by atoms with Gasteiger partial charge in [-0.1, -0.05) is 42.5 Å². The summed E-state index contributed by atoms with van der Waals surface area (Å²) >= 11 is 0. The molecular weight excluding hydrogens is 406 g/mol. The van der Waals surface area contributed by atoms with E-state index in [2.05, 4.69) is 73.6 Å². The van der Waals surface area contributed by atoms with E-state index in [1.807, 2.05) is 12.1 Å². The highest BCUT2D eigenvalue weighted by Gasteiger charge is 2.19. The molecule has 3 nitrogen and oxygen atoms in total. The molecule has 0 heterocycles. The number of aryl methyl sites for hydroxylation is 1. The zero-order valence-electron chi connectivity index (χ0n) is 18.6. The molecular formula is C27H32ClNO2. The number of hydrogen-bond donors (Lipinski definition) is 0. The number of halogens is 1. The Morgan fingerprint density at radius 1 is 0.871 bits per heavy atom. The van der Waals surface area contributed by atoms with E-state index in [1.165, 1.54) is 41.6 Å². The number of fused-ring (bicyclic) bond motifs is 1. The molecule has 1 aliphatic carbocycles. The zero-order valence-corrected chi connectivity index (χ0v) is 19.5. The van der Waals surface area contributed by atoms with Crippen molar-refractivity contribution in [3.8, 4) is 22.6 Å². The van der Waals surface area contributed by atoms with Crippen LogP contribution < -0.4 is 9.47 Å². The SMILES string of the molecule is COc1cccc(-c2ccc(COc3ccc4c(c3)CCC(CN(C)C)C4)cc2)c1.Cl. The molecule has 0 fully saturated rings. The summed E-state index contributed by atoms with van der Waals surface area (Å²) in [5, 5.41) is 0. The van der Waals surface area contributed by atoms with E-state index in [1.54, 1.807) is 7.11 Å². The Balaban J connectivity index is 0.00000272. The highest BCUT2D eigenvalue weighted by Crippen LogP contribution is 2.29. The molecule has 0 amide bonds. The molecule has 0 saturated carbocycles. The monoisotopic (exact) mass is 437 g/mol. The summed E-state index contributed by atoms with van der Waals surface area (Å²) in [5.41, 5.74) is 6.45. The fourth-order valence-electron chi connectivity index (χ4n) is 4.33. The van der Waals surface area contributed by atoms with Gasteiger partial charge in [0.05, 0.1) is 7.11 Å². The lowest BCUT2D eigenvalue weighted by Gasteiger charge is -2.27. The van der Waals surface area contributed by atoms with Gasteiger partial charge >= 0.3 is 0 Å². The number of benzene rings is 3. The van der Waals surface area contributed by atoms with Crippen LogP contribution in [0.1, 0.15) is 23.1 Å². The van der Waals surface area contributed by atoms with Crippen molar-refractivity contribution in [3.63, 3.8) is 0 Å². The lowest BCUT2D eigenvalue weighted by molar-refractivity contribution is 0.297. The first-order valence-corrected chi connectivity index (χ1v) is 10.7. The zero-order chi connectivity index (χ0) is 20.9. The van der Waals surface area contributed by atoms with E-state index >= 15 is 0 Å². The smallest absolute Gasteiger partial charge is 0.120 e. The van der Waals surface area contributed by atoms with Crippen LogP contribution in [-0.4, -0.2) is 32.6 Å². The number of methoxy groups -OCH3 is 1. The second kappa shape index (κ2) is 10.7. The molecule has 0 bridgehead atoms. The van der Waals surface area contributed by atoms with Crippen molar-refractivity contribution in [3.05, 3.63) is 83.4 Å². The predicted octanol–water partition coefficient (Wildman–Crippen LogP) is 6.03. The summed E-state index contributed by atoms with van der Waals surface area (Å²) < 4.78 is 11.4. The standard InChI is InChI=1S/C27H31NO2.ClH/c1-28(2)18-21-9-12-25-17-27(14-13-24(25)15-21)30-19-20-7-10-22(11-8-20)23-5-4-6-26(16-23)29-3;/h4-8,10-11,13-14,16-17,21H,9,12,15,18-19H2,1-3H3;1H. The molecule has 4 rings (SSSR count). The van der Waals surface area contributed by atoms with Crippen LogP contribution in [0.4, 0.5) is 0 Å². The minimum Gasteiger partial charge on any atom is -0.497 e. The summed E-state index contributed by atoms with van der Waals surface area (Å²) in [4.78, 5) is 2.30. The van der Waals surface area contributed by atoms with Gasteiger partial charge < -0.3 is 14.4 Å². The Labute approximate surface area is 192 Å². The number of rotatable bonds is 7. The quantitative estimate of drug-likeness (QED) is 0.450. The van der Waals surface area contributed by atoms with Crippen molar-refractivity contribution in [1.82, 2.24) is 4.90 Å². The third-order valence-electron chi connectivity index (χ3n) is 5.89. The maximum atomic E-state index is 6.10. The summed E-state index contributed by atoms with van der Waals surface area (Å²) in [6.07, 6.45) is 3.60. The van der Waals surface area contributed by atoms with Crippen molar-refractivity contribution >= 4 is 12.4 Å². The van der Waals surface area contributed by atoms with Gasteiger partial charge in [0.15, 0.2) is 0 Å². The number of nitrogens with zero attached hydrogens (tertiary/aromatic N) is 1. The number of hydrogen-bond acceptors (Lipinski definition) is 3. The van der Waals surface area contributed by atoms with Gasteiger partial charge in [-0.15, -0.1) is 12.4 Å². The molecule has 0 aliphatic heterocycles. The van der Waals surface area contributed by atoms with Gasteiger partial charge in [-0.25, -0.2) is 0 Å². The second-order valence-electron chi connectivity index (χ2n) is 8.52. The molecule has 0 radical (unpaired) electrons. The third-order valence-corrected chi connectivity index (χ3v) is 5.89. The first-order chi connectivity index (χ1) is 14.6. The van der Waals surface area contributed by atoms with Gasteiger partial charge in [-0.2, -0.15) is 0 Å². The minimum absolute atomic E-state index is 0. The highest BCUT2D eigenvalue weighted by atomic mass is 35.5.